The molecule has 1 aromatic carbocycles. The number of rotatable bonds is 8. The van der Waals surface area contributed by atoms with Gasteiger partial charge in [-0.1, -0.05) is 18.2 Å². The normalized spacial score (nSPS) is 13.5. The van der Waals surface area contributed by atoms with Crippen molar-refractivity contribution in [3.8, 4) is 5.75 Å². The van der Waals surface area contributed by atoms with Gasteiger partial charge in [-0.05, 0) is 12.1 Å². The highest BCUT2D eigenvalue weighted by Gasteiger charge is 2.26. The first-order chi connectivity index (χ1) is 9.02. The maximum Gasteiger partial charge on any atom is 0.221 e. The van der Waals surface area contributed by atoms with Crippen LogP contribution in [0.5, 0.6) is 5.75 Å². The topological polar surface area (TPSA) is 116 Å². The van der Waals surface area contributed by atoms with Crippen LogP contribution in [0.15, 0.2) is 30.3 Å². The molecule has 0 saturated heterocycles. The van der Waals surface area contributed by atoms with Crippen molar-refractivity contribution in [3.63, 3.8) is 0 Å². The highest BCUT2D eigenvalue weighted by atomic mass is 16.5. The van der Waals surface area contributed by atoms with Crippen molar-refractivity contribution in [3.05, 3.63) is 30.3 Å². The molecule has 0 saturated carbocycles. The molecule has 0 radical (unpaired) electrons. The lowest BCUT2D eigenvalue weighted by atomic mass is 9.96. The Kier molecular flexibility index (Phi) is 5.81. The van der Waals surface area contributed by atoms with E-state index in [4.69, 9.17) is 16.2 Å². The van der Waals surface area contributed by atoms with Gasteiger partial charge in [-0.3, -0.25) is 9.59 Å². The molecule has 5 N–H and O–H groups in total. The highest BCUT2D eigenvalue weighted by Crippen LogP contribution is 2.20. The molecular weight excluding hydrogens is 248 g/mol. The summed E-state index contributed by atoms with van der Waals surface area (Å²) in [4.78, 5) is 22.0. The number of carbonyl (C=O) groups is 2. The third kappa shape index (κ3) is 5.39. The highest BCUT2D eigenvalue weighted by molar-refractivity contribution is 5.75. The maximum absolute atomic E-state index is 11.1. The van der Waals surface area contributed by atoms with Gasteiger partial charge in [0.1, 0.15) is 11.9 Å². The van der Waals surface area contributed by atoms with Gasteiger partial charge in [-0.2, -0.15) is 0 Å². The van der Waals surface area contributed by atoms with Gasteiger partial charge in [-0.25, -0.2) is 0 Å². The van der Waals surface area contributed by atoms with E-state index in [1.807, 2.05) is 6.07 Å². The fraction of sp³-hybridized carbons (Fsp3) is 0.385. The Hall–Kier alpha value is -2.08. The molecule has 0 unspecified atom stereocenters. The van der Waals surface area contributed by atoms with Crippen LogP contribution in [0, 0.1) is 5.92 Å². The van der Waals surface area contributed by atoms with E-state index in [1.165, 1.54) is 0 Å². The van der Waals surface area contributed by atoms with Crippen LogP contribution in [-0.2, 0) is 9.59 Å². The van der Waals surface area contributed by atoms with Crippen molar-refractivity contribution >= 4 is 11.8 Å². The number of aliphatic hydroxyl groups is 1. The quantitative estimate of drug-likeness (QED) is 0.604. The zero-order chi connectivity index (χ0) is 14.3. The number of benzene rings is 1. The lowest BCUT2D eigenvalue weighted by Gasteiger charge is -2.24. The van der Waals surface area contributed by atoms with Crippen LogP contribution < -0.4 is 16.2 Å². The van der Waals surface area contributed by atoms with Gasteiger partial charge in [0.2, 0.25) is 11.8 Å². The molecule has 2 amide bonds. The number of carbonyl (C=O) groups excluding carboxylic acids is 2. The fourth-order valence-electron chi connectivity index (χ4n) is 1.75. The number of aliphatic hydroxyl groups excluding tert-OH is 1. The molecule has 0 bridgehead atoms. The maximum atomic E-state index is 11.1. The van der Waals surface area contributed by atoms with Gasteiger partial charge in [0, 0.05) is 18.9 Å². The van der Waals surface area contributed by atoms with E-state index < -0.39 is 23.8 Å². The van der Waals surface area contributed by atoms with E-state index in [1.54, 1.807) is 24.3 Å². The lowest BCUT2D eigenvalue weighted by molar-refractivity contribution is -0.123. The minimum atomic E-state index is -0.683. The smallest absolute Gasteiger partial charge is 0.221 e. The fourth-order valence-corrected chi connectivity index (χ4v) is 1.75. The minimum Gasteiger partial charge on any atom is -0.490 e. The number of hydrogen-bond acceptors (Lipinski definition) is 4. The number of hydrogen-bond donors (Lipinski definition) is 3. The predicted octanol–water partition coefficient (Wildman–Crippen LogP) is -0.207. The minimum absolute atomic E-state index is 0.0682. The largest absolute Gasteiger partial charge is 0.490 e. The van der Waals surface area contributed by atoms with Gasteiger partial charge in [0.25, 0.3) is 0 Å². The van der Waals surface area contributed by atoms with Crippen LogP contribution in [0.25, 0.3) is 0 Å². The lowest BCUT2D eigenvalue weighted by Crippen LogP contribution is -2.36. The van der Waals surface area contributed by atoms with Crippen molar-refractivity contribution in [1.29, 1.82) is 0 Å². The molecule has 104 valence electrons. The van der Waals surface area contributed by atoms with E-state index in [-0.39, 0.29) is 19.4 Å². The Morgan fingerprint density at radius 1 is 1.11 bits per heavy atom. The molecule has 0 heterocycles. The molecule has 0 aliphatic carbocycles. The zero-order valence-corrected chi connectivity index (χ0v) is 10.5. The van der Waals surface area contributed by atoms with Crippen molar-refractivity contribution in [2.75, 3.05) is 6.61 Å². The van der Waals surface area contributed by atoms with Crippen LogP contribution >= 0.6 is 0 Å². The Labute approximate surface area is 111 Å². The summed E-state index contributed by atoms with van der Waals surface area (Å²) in [6, 6.07) is 8.81. The van der Waals surface area contributed by atoms with Gasteiger partial charge in [0.15, 0.2) is 0 Å². The van der Waals surface area contributed by atoms with E-state index >= 15 is 0 Å². The van der Waals surface area contributed by atoms with E-state index in [0.717, 1.165) is 0 Å². The van der Waals surface area contributed by atoms with E-state index in [0.29, 0.717) is 5.75 Å². The molecule has 6 heteroatoms. The zero-order valence-electron chi connectivity index (χ0n) is 10.5. The van der Waals surface area contributed by atoms with Gasteiger partial charge in [-0.15, -0.1) is 0 Å². The first-order valence-corrected chi connectivity index (χ1v) is 5.92. The van der Waals surface area contributed by atoms with E-state index in [2.05, 4.69) is 0 Å². The molecule has 2 atom stereocenters. The molecule has 1 rings (SSSR count). The third-order valence-corrected chi connectivity index (χ3v) is 2.66. The second-order valence-electron chi connectivity index (χ2n) is 4.25. The summed E-state index contributed by atoms with van der Waals surface area (Å²) in [6.07, 6.45) is -0.841. The predicted molar refractivity (Wildman–Crippen MR) is 69.1 cm³/mol. The molecule has 0 spiro atoms. The second-order valence-corrected chi connectivity index (χ2v) is 4.25. The molecule has 0 fully saturated rings. The molecule has 0 aliphatic heterocycles. The number of para-hydroxylation sites is 1. The molecular formula is C13H18N2O4. The number of amides is 2. The van der Waals surface area contributed by atoms with Crippen molar-refractivity contribution < 1.29 is 19.4 Å². The standard InChI is InChI=1S/C13H18N2O4/c14-12(17)6-9(8-16)11(7-13(15)18)19-10-4-2-1-3-5-10/h1-5,9,11,16H,6-8H2,(H2,14,17)(H2,15,18)/t9-,11+/m0/s1. The molecule has 0 aliphatic rings. The Balaban J connectivity index is 2.80. The number of ether oxygens (including phenoxy) is 1. The number of nitrogens with two attached hydrogens (primary N) is 2. The van der Waals surface area contributed by atoms with Crippen LogP contribution in [0.1, 0.15) is 12.8 Å². The van der Waals surface area contributed by atoms with Gasteiger partial charge < -0.3 is 21.3 Å². The summed E-state index contributed by atoms with van der Waals surface area (Å²) in [5.41, 5.74) is 10.3. The third-order valence-electron chi connectivity index (χ3n) is 2.66. The van der Waals surface area contributed by atoms with Crippen LogP contribution in [0.2, 0.25) is 0 Å². The molecule has 0 aromatic heterocycles. The average Bonchev–Trinajstić information content (AvgIpc) is 2.35. The molecule has 19 heavy (non-hydrogen) atoms. The summed E-state index contributed by atoms with van der Waals surface area (Å²) >= 11 is 0. The SMILES string of the molecule is NC(=O)C[C@@H](CO)[C@@H](CC(N)=O)Oc1ccccc1. The van der Waals surface area contributed by atoms with Crippen molar-refractivity contribution in [2.45, 2.75) is 18.9 Å². The van der Waals surface area contributed by atoms with Crippen LogP contribution in [-0.4, -0.2) is 29.6 Å². The van der Waals surface area contributed by atoms with Crippen LogP contribution in [0.3, 0.4) is 0 Å². The van der Waals surface area contributed by atoms with Gasteiger partial charge >= 0.3 is 0 Å². The summed E-state index contributed by atoms with van der Waals surface area (Å²) in [5.74, 6) is -1.16. The van der Waals surface area contributed by atoms with E-state index in [9.17, 15) is 14.7 Å². The Morgan fingerprint density at radius 3 is 2.16 bits per heavy atom. The Bertz CT molecular complexity index is 422. The van der Waals surface area contributed by atoms with Gasteiger partial charge in [0.05, 0.1) is 6.42 Å². The molecule has 6 nitrogen and oxygen atoms in total. The summed E-state index contributed by atoms with van der Waals surface area (Å²) < 4.78 is 5.61. The van der Waals surface area contributed by atoms with Crippen molar-refractivity contribution in [1.82, 2.24) is 0 Å². The summed E-state index contributed by atoms with van der Waals surface area (Å²) in [5, 5.41) is 9.30. The Morgan fingerprint density at radius 2 is 1.68 bits per heavy atom. The monoisotopic (exact) mass is 266 g/mol. The second kappa shape index (κ2) is 7.38. The summed E-state index contributed by atoms with van der Waals surface area (Å²) in [6.45, 7) is -0.312. The van der Waals surface area contributed by atoms with Crippen molar-refractivity contribution in [2.24, 2.45) is 17.4 Å². The summed E-state index contributed by atoms with van der Waals surface area (Å²) in [7, 11) is 0. The average molecular weight is 266 g/mol. The van der Waals surface area contributed by atoms with Crippen LogP contribution in [0.4, 0.5) is 0 Å². The first kappa shape index (κ1) is 15.0. The first-order valence-electron chi connectivity index (χ1n) is 5.92. The molecule has 1 aromatic rings. The number of primary amides is 2.